The molecule has 5 heteroatoms. The summed E-state index contributed by atoms with van der Waals surface area (Å²) < 4.78 is 17.5. The molecule has 5 nitrogen and oxygen atoms in total. The van der Waals surface area contributed by atoms with Gasteiger partial charge in [-0.15, -0.1) is 0 Å². The maximum atomic E-state index is 12.8. The summed E-state index contributed by atoms with van der Waals surface area (Å²) in [5, 5.41) is 0. The third-order valence-electron chi connectivity index (χ3n) is 12.7. The molecule has 0 spiro atoms. The molecule has 0 saturated carbocycles. The molecule has 64 heavy (non-hydrogen) atoms. The van der Waals surface area contributed by atoms with E-state index in [1.54, 1.807) is 0 Å². The molecular formula is C59H110O5. The molecule has 0 heterocycles. The Hall–Kier alpha value is -1.88. The monoisotopic (exact) mass is 899 g/mol. The van der Waals surface area contributed by atoms with Gasteiger partial charge in [0.15, 0.2) is 6.10 Å². The zero-order valence-corrected chi connectivity index (χ0v) is 43.3. The standard InChI is InChI=1S/C59H110O5/c1-4-7-10-13-16-19-22-25-28-30-32-34-37-40-43-46-49-52-58(60)63-56-57(55-62-54-51-48-45-42-39-36-33-29-26-23-20-17-14-11-8-5-2)64-59(61)53-50-47-44-41-38-35-31-27-24-21-18-15-12-9-6-3/h9,12,18,21,27,31,57H,4-8,10-11,13-17,19-20,22-26,28-30,32-56H2,1-3H3/b12-9-,21-18-,31-27-. The third-order valence-corrected chi connectivity index (χ3v) is 12.7. The van der Waals surface area contributed by atoms with E-state index in [-0.39, 0.29) is 25.2 Å². The molecule has 0 bridgehead atoms. The minimum absolute atomic E-state index is 0.0850. The van der Waals surface area contributed by atoms with Crippen LogP contribution in [-0.2, 0) is 23.8 Å². The Kier molecular flexibility index (Phi) is 53.8. The van der Waals surface area contributed by atoms with E-state index in [9.17, 15) is 9.59 Å². The molecule has 0 aliphatic carbocycles. The first kappa shape index (κ1) is 62.1. The van der Waals surface area contributed by atoms with Gasteiger partial charge in [-0.3, -0.25) is 9.59 Å². The fourth-order valence-electron chi connectivity index (χ4n) is 8.47. The second kappa shape index (κ2) is 55.4. The van der Waals surface area contributed by atoms with Crippen LogP contribution in [0.15, 0.2) is 36.5 Å². The average molecular weight is 900 g/mol. The molecule has 0 amide bonds. The van der Waals surface area contributed by atoms with Crippen LogP contribution in [0.25, 0.3) is 0 Å². The summed E-state index contributed by atoms with van der Waals surface area (Å²) in [5.74, 6) is -0.396. The molecule has 0 aliphatic rings. The van der Waals surface area contributed by atoms with Crippen molar-refractivity contribution < 1.29 is 23.8 Å². The molecule has 0 aromatic heterocycles. The van der Waals surface area contributed by atoms with Crippen molar-refractivity contribution in [3.8, 4) is 0 Å². The highest BCUT2D eigenvalue weighted by atomic mass is 16.6. The molecule has 0 rings (SSSR count). The first-order valence-corrected chi connectivity index (χ1v) is 28.5. The summed E-state index contributed by atoms with van der Waals surface area (Å²) in [6.45, 7) is 7.77. The van der Waals surface area contributed by atoms with Gasteiger partial charge in [-0.1, -0.05) is 276 Å². The Morgan fingerprint density at radius 2 is 0.703 bits per heavy atom. The van der Waals surface area contributed by atoms with Crippen LogP contribution < -0.4 is 0 Å². The highest BCUT2D eigenvalue weighted by molar-refractivity contribution is 5.70. The van der Waals surface area contributed by atoms with Gasteiger partial charge in [-0.05, 0) is 51.4 Å². The maximum Gasteiger partial charge on any atom is 0.306 e. The van der Waals surface area contributed by atoms with Crippen LogP contribution in [-0.4, -0.2) is 37.9 Å². The van der Waals surface area contributed by atoms with E-state index in [1.165, 1.54) is 205 Å². The van der Waals surface area contributed by atoms with Gasteiger partial charge in [0, 0.05) is 19.4 Å². The van der Waals surface area contributed by atoms with Gasteiger partial charge in [0.1, 0.15) is 6.61 Å². The number of hydrogen-bond donors (Lipinski definition) is 0. The van der Waals surface area contributed by atoms with Crippen molar-refractivity contribution in [2.75, 3.05) is 19.8 Å². The molecule has 0 radical (unpaired) electrons. The second-order valence-corrected chi connectivity index (χ2v) is 19.2. The van der Waals surface area contributed by atoms with Gasteiger partial charge in [0.2, 0.25) is 0 Å². The molecule has 0 N–H and O–H groups in total. The smallest absolute Gasteiger partial charge is 0.306 e. The molecule has 0 fully saturated rings. The van der Waals surface area contributed by atoms with Crippen molar-refractivity contribution in [2.24, 2.45) is 0 Å². The van der Waals surface area contributed by atoms with Gasteiger partial charge in [-0.2, -0.15) is 0 Å². The van der Waals surface area contributed by atoms with Crippen molar-refractivity contribution in [2.45, 2.75) is 309 Å². The van der Waals surface area contributed by atoms with Crippen molar-refractivity contribution in [1.29, 1.82) is 0 Å². The van der Waals surface area contributed by atoms with Gasteiger partial charge in [0.05, 0.1) is 6.61 Å². The maximum absolute atomic E-state index is 12.8. The van der Waals surface area contributed by atoms with Crippen LogP contribution in [0.5, 0.6) is 0 Å². The number of allylic oxidation sites excluding steroid dienone is 6. The van der Waals surface area contributed by atoms with Crippen LogP contribution in [0.3, 0.4) is 0 Å². The van der Waals surface area contributed by atoms with Crippen molar-refractivity contribution in [3.63, 3.8) is 0 Å². The lowest BCUT2D eigenvalue weighted by Gasteiger charge is -2.18. The molecule has 1 atom stereocenters. The number of carbonyl (C=O) groups excluding carboxylic acids is 2. The minimum Gasteiger partial charge on any atom is -0.462 e. The number of esters is 2. The van der Waals surface area contributed by atoms with E-state index in [0.717, 1.165) is 64.2 Å². The van der Waals surface area contributed by atoms with Gasteiger partial charge in [-0.25, -0.2) is 0 Å². The minimum atomic E-state index is -0.539. The summed E-state index contributed by atoms with van der Waals surface area (Å²) in [6, 6.07) is 0. The molecule has 376 valence electrons. The largest absolute Gasteiger partial charge is 0.462 e. The van der Waals surface area contributed by atoms with Crippen LogP contribution in [0.4, 0.5) is 0 Å². The Morgan fingerprint density at radius 3 is 1.12 bits per heavy atom. The van der Waals surface area contributed by atoms with Crippen LogP contribution in [0.1, 0.15) is 303 Å². The number of carbonyl (C=O) groups is 2. The quantitative estimate of drug-likeness (QED) is 0.0346. The summed E-state index contributed by atoms with van der Waals surface area (Å²) in [5.41, 5.74) is 0. The SMILES string of the molecule is CC/C=C\C/C=C\C/C=C\CCCCCCCC(=O)OC(COCCCCCCCCCCCCCCCCCC)COC(=O)CCCCCCCCCCCCCCCCCCC. The van der Waals surface area contributed by atoms with E-state index in [2.05, 4.69) is 57.2 Å². The van der Waals surface area contributed by atoms with E-state index < -0.39 is 6.10 Å². The lowest BCUT2D eigenvalue weighted by atomic mass is 10.0. The zero-order valence-electron chi connectivity index (χ0n) is 43.3. The zero-order chi connectivity index (χ0) is 46.3. The first-order valence-electron chi connectivity index (χ1n) is 28.5. The molecule has 0 aromatic rings. The van der Waals surface area contributed by atoms with Gasteiger partial charge < -0.3 is 14.2 Å². The average Bonchev–Trinajstić information content (AvgIpc) is 3.30. The number of rotatable bonds is 53. The number of unbranched alkanes of at least 4 members (excludes halogenated alkanes) is 36. The summed E-state index contributed by atoms with van der Waals surface area (Å²) in [4.78, 5) is 25.5. The molecule has 1 unspecified atom stereocenters. The third kappa shape index (κ3) is 52.7. The normalized spacial score (nSPS) is 12.4. The lowest BCUT2D eigenvalue weighted by molar-refractivity contribution is -0.163. The fraction of sp³-hybridized carbons (Fsp3) is 0.864. The molecule has 0 saturated heterocycles. The van der Waals surface area contributed by atoms with Crippen LogP contribution >= 0.6 is 0 Å². The highest BCUT2D eigenvalue weighted by Crippen LogP contribution is 2.17. The van der Waals surface area contributed by atoms with Crippen molar-refractivity contribution >= 4 is 11.9 Å². The van der Waals surface area contributed by atoms with Crippen LogP contribution in [0, 0.1) is 0 Å². The fourth-order valence-corrected chi connectivity index (χ4v) is 8.47. The number of hydrogen-bond acceptors (Lipinski definition) is 5. The predicted octanol–water partition coefficient (Wildman–Crippen LogP) is 19.4. The van der Waals surface area contributed by atoms with Gasteiger partial charge in [0.25, 0.3) is 0 Å². The van der Waals surface area contributed by atoms with E-state index in [1.807, 2.05) is 0 Å². The predicted molar refractivity (Wildman–Crippen MR) is 279 cm³/mol. The molecule has 0 aromatic carbocycles. The summed E-state index contributed by atoms with van der Waals surface area (Å²) in [7, 11) is 0. The van der Waals surface area contributed by atoms with Gasteiger partial charge >= 0.3 is 11.9 Å². The van der Waals surface area contributed by atoms with Crippen LogP contribution in [0.2, 0.25) is 0 Å². The summed E-state index contributed by atoms with van der Waals surface area (Å²) >= 11 is 0. The summed E-state index contributed by atoms with van der Waals surface area (Å²) in [6.07, 6.45) is 67.3. The Balaban J connectivity index is 4.24. The van der Waals surface area contributed by atoms with E-state index in [4.69, 9.17) is 14.2 Å². The molecule has 0 aliphatic heterocycles. The Bertz CT molecular complexity index is 1020. The Morgan fingerprint density at radius 1 is 0.359 bits per heavy atom. The number of ether oxygens (including phenoxy) is 3. The first-order chi connectivity index (χ1) is 31.6. The topological polar surface area (TPSA) is 61.8 Å². The van der Waals surface area contributed by atoms with Crippen molar-refractivity contribution in [3.05, 3.63) is 36.5 Å². The Labute approximate surface area is 400 Å². The highest BCUT2D eigenvalue weighted by Gasteiger charge is 2.17. The lowest BCUT2D eigenvalue weighted by Crippen LogP contribution is -2.30. The molecular weight excluding hydrogens is 789 g/mol. The van der Waals surface area contributed by atoms with E-state index in [0.29, 0.717) is 19.4 Å². The second-order valence-electron chi connectivity index (χ2n) is 19.2. The van der Waals surface area contributed by atoms with E-state index >= 15 is 0 Å². The van der Waals surface area contributed by atoms with Crippen molar-refractivity contribution in [1.82, 2.24) is 0 Å².